The predicted octanol–water partition coefficient (Wildman–Crippen LogP) is 1.36. The van der Waals surface area contributed by atoms with E-state index in [-0.39, 0.29) is 17.7 Å². The molecule has 5 nitrogen and oxygen atoms in total. The molecule has 0 radical (unpaired) electrons. The number of nitrogens with zero attached hydrogens (tertiary/aromatic N) is 1. The van der Waals surface area contributed by atoms with Gasteiger partial charge in [0.15, 0.2) is 0 Å². The summed E-state index contributed by atoms with van der Waals surface area (Å²) < 4.78 is 0. The molecule has 0 unspecified atom stereocenters. The van der Waals surface area contributed by atoms with E-state index in [0.29, 0.717) is 37.2 Å². The van der Waals surface area contributed by atoms with Gasteiger partial charge >= 0.3 is 0 Å². The van der Waals surface area contributed by atoms with Crippen LogP contribution in [0, 0.1) is 5.92 Å². The normalized spacial score (nSPS) is 14.2. The summed E-state index contributed by atoms with van der Waals surface area (Å²) in [4.78, 5) is 26.6. The molecule has 2 amide bonds. The molecular weight excluding hydrogens is 278 g/mol. The Morgan fingerprint density at radius 2 is 1.45 bits per heavy atom. The number of amides is 2. The van der Waals surface area contributed by atoms with Crippen LogP contribution in [0.2, 0.25) is 0 Å². The van der Waals surface area contributed by atoms with Crippen LogP contribution in [0.1, 0.15) is 27.1 Å². The molecule has 0 aliphatic carbocycles. The van der Waals surface area contributed by atoms with Crippen LogP contribution in [0.25, 0.3) is 10.8 Å². The van der Waals surface area contributed by atoms with Crippen LogP contribution >= 0.6 is 0 Å². The lowest BCUT2D eigenvalue weighted by molar-refractivity contribution is 0.0602. The molecule has 2 aromatic rings. The summed E-state index contributed by atoms with van der Waals surface area (Å²) in [7, 11) is 0. The van der Waals surface area contributed by atoms with E-state index in [4.69, 9.17) is 11.5 Å². The first-order valence-electron chi connectivity index (χ1n) is 7.45. The molecule has 4 N–H and O–H groups in total. The van der Waals surface area contributed by atoms with Gasteiger partial charge in [-0.05, 0) is 42.9 Å². The minimum absolute atomic E-state index is 0.119. The van der Waals surface area contributed by atoms with Crippen molar-refractivity contribution in [2.45, 2.75) is 6.42 Å². The van der Waals surface area contributed by atoms with E-state index < -0.39 is 0 Å². The highest BCUT2D eigenvalue weighted by molar-refractivity contribution is 6.25. The molecule has 5 heteroatoms. The Morgan fingerprint density at radius 3 is 1.95 bits per heavy atom. The van der Waals surface area contributed by atoms with Crippen LogP contribution in [0.4, 0.5) is 0 Å². The molecule has 0 fully saturated rings. The Balaban J connectivity index is 1.97. The fourth-order valence-corrected chi connectivity index (χ4v) is 2.93. The maximum Gasteiger partial charge on any atom is 0.261 e. The number of hydrogen-bond donors (Lipinski definition) is 2. The molecule has 0 spiro atoms. The van der Waals surface area contributed by atoms with Crippen molar-refractivity contribution in [1.29, 1.82) is 0 Å². The van der Waals surface area contributed by atoms with Gasteiger partial charge in [-0.25, -0.2) is 0 Å². The van der Waals surface area contributed by atoms with Crippen molar-refractivity contribution in [1.82, 2.24) is 4.90 Å². The largest absolute Gasteiger partial charge is 0.330 e. The van der Waals surface area contributed by atoms with Gasteiger partial charge in [-0.2, -0.15) is 0 Å². The third kappa shape index (κ3) is 2.28. The van der Waals surface area contributed by atoms with Crippen molar-refractivity contribution in [3.05, 3.63) is 47.5 Å². The van der Waals surface area contributed by atoms with Crippen LogP contribution in [0.5, 0.6) is 0 Å². The van der Waals surface area contributed by atoms with Crippen molar-refractivity contribution in [3.8, 4) is 0 Å². The number of nitrogens with two attached hydrogens (primary N) is 2. The number of imide groups is 1. The van der Waals surface area contributed by atoms with Gasteiger partial charge in [0.05, 0.1) is 0 Å². The fourth-order valence-electron chi connectivity index (χ4n) is 2.93. The maximum atomic E-state index is 12.6. The van der Waals surface area contributed by atoms with Gasteiger partial charge < -0.3 is 11.5 Å². The number of carbonyl (C=O) groups is 2. The van der Waals surface area contributed by atoms with E-state index in [1.54, 1.807) is 12.1 Å². The SMILES string of the molecule is NCC(CN)CCN1C(=O)c2cccc3cccc(c23)C1=O. The molecule has 0 saturated heterocycles. The van der Waals surface area contributed by atoms with Gasteiger partial charge in [-0.3, -0.25) is 14.5 Å². The number of carbonyl (C=O) groups excluding carboxylic acids is 2. The number of benzene rings is 2. The van der Waals surface area contributed by atoms with Crippen LogP contribution in [0.3, 0.4) is 0 Å². The topological polar surface area (TPSA) is 89.4 Å². The van der Waals surface area contributed by atoms with Gasteiger partial charge in [0, 0.05) is 23.1 Å². The summed E-state index contributed by atoms with van der Waals surface area (Å²) in [6.45, 7) is 1.26. The van der Waals surface area contributed by atoms with Crippen LogP contribution in [-0.4, -0.2) is 36.3 Å². The van der Waals surface area contributed by atoms with Gasteiger partial charge in [0.25, 0.3) is 11.8 Å². The first-order valence-corrected chi connectivity index (χ1v) is 7.45. The molecule has 0 saturated carbocycles. The van der Waals surface area contributed by atoms with E-state index in [2.05, 4.69) is 0 Å². The van der Waals surface area contributed by atoms with Crippen LogP contribution in [0.15, 0.2) is 36.4 Å². The molecule has 1 aliphatic rings. The summed E-state index contributed by atoms with van der Waals surface area (Å²) in [5, 5.41) is 1.67. The van der Waals surface area contributed by atoms with Crippen molar-refractivity contribution in [2.75, 3.05) is 19.6 Å². The van der Waals surface area contributed by atoms with E-state index in [0.717, 1.165) is 10.8 Å². The zero-order chi connectivity index (χ0) is 15.7. The third-order valence-electron chi connectivity index (χ3n) is 4.28. The summed E-state index contributed by atoms with van der Waals surface area (Å²) >= 11 is 0. The zero-order valence-corrected chi connectivity index (χ0v) is 12.3. The molecule has 0 atom stereocenters. The lowest BCUT2D eigenvalue weighted by atomic mass is 9.93. The monoisotopic (exact) mass is 297 g/mol. The minimum atomic E-state index is -0.234. The van der Waals surface area contributed by atoms with Crippen LogP contribution in [-0.2, 0) is 0 Å². The van der Waals surface area contributed by atoms with Gasteiger partial charge in [0.1, 0.15) is 0 Å². The van der Waals surface area contributed by atoms with Crippen molar-refractivity contribution >= 4 is 22.6 Å². The molecule has 0 bridgehead atoms. The highest BCUT2D eigenvalue weighted by Gasteiger charge is 2.32. The van der Waals surface area contributed by atoms with E-state index in [1.807, 2.05) is 24.3 Å². The number of rotatable bonds is 5. The lowest BCUT2D eigenvalue weighted by Crippen LogP contribution is -2.42. The Hall–Kier alpha value is -2.24. The molecule has 3 rings (SSSR count). The van der Waals surface area contributed by atoms with Gasteiger partial charge in [-0.1, -0.05) is 24.3 Å². The molecule has 114 valence electrons. The van der Waals surface area contributed by atoms with Crippen molar-refractivity contribution < 1.29 is 9.59 Å². The average Bonchev–Trinajstić information content (AvgIpc) is 2.56. The first-order chi connectivity index (χ1) is 10.7. The minimum Gasteiger partial charge on any atom is -0.330 e. The Morgan fingerprint density at radius 1 is 0.909 bits per heavy atom. The van der Waals surface area contributed by atoms with E-state index in [1.165, 1.54) is 4.90 Å². The fraction of sp³-hybridized carbons (Fsp3) is 0.294. The molecule has 0 aromatic heterocycles. The summed E-state index contributed by atoms with van der Waals surface area (Å²) in [6.07, 6.45) is 0.628. The smallest absolute Gasteiger partial charge is 0.261 e. The zero-order valence-electron chi connectivity index (χ0n) is 12.3. The Kier molecular flexibility index (Phi) is 3.92. The summed E-state index contributed by atoms with van der Waals surface area (Å²) in [6, 6.07) is 11.1. The first kappa shape index (κ1) is 14.7. The van der Waals surface area contributed by atoms with Gasteiger partial charge in [-0.15, -0.1) is 0 Å². The standard InChI is InChI=1S/C17H19N3O2/c18-9-11(10-19)7-8-20-16(21)13-5-1-3-12-4-2-6-14(15(12)13)17(20)22/h1-6,11H,7-10,18-19H2. The predicted molar refractivity (Wildman–Crippen MR) is 85.5 cm³/mol. The van der Waals surface area contributed by atoms with Crippen molar-refractivity contribution in [2.24, 2.45) is 17.4 Å². The van der Waals surface area contributed by atoms with E-state index in [9.17, 15) is 9.59 Å². The molecule has 22 heavy (non-hydrogen) atoms. The van der Waals surface area contributed by atoms with Crippen LogP contribution < -0.4 is 11.5 Å². The van der Waals surface area contributed by atoms with Gasteiger partial charge in [0.2, 0.25) is 0 Å². The quantitative estimate of drug-likeness (QED) is 0.815. The average molecular weight is 297 g/mol. The second-order valence-electron chi connectivity index (χ2n) is 5.60. The second-order valence-corrected chi connectivity index (χ2v) is 5.60. The highest BCUT2D eigenvalue weighted by Crippen LogP contribution is 2.30. The maximum absolute atomic E-state index is 12.6. The number of hydrogen-bond acceptors (Lipinski definition) is 4. The lowest BCUT2D eigenvalue weighted by Gasteiger charge is -2.28. The molecule has 2 aromatic carbocycles. The van der Waals surface area contributed by atoms with Crippen molar-refractivity contribution in [3.63, 3.8) is 0 Å². The summed E-state index contributed by atoms with van der Waals surface area (Å²) in [5.41, 5.74) is 12.5. The molecule has 1 aliphatic heterocycles. The highest BCUT2D eigenvalue weighted by atomic mass is 16.2. The molecular formula is C17H19N3O2. The van der Waals surface area contributed by atoms with E-state index >= 15 is 0 Å². The second kappa shape index (κ2) is 5.87. The Bertz CT molecular complexity index is 687. The Labute approximate surface area is 128 Å². The summed E-state index contributed by atoms with van der Waals surface area (Å²) in [5.74, 6) is -0.349. The third-order valence-corrected chi connectivity index (χ3v) is 4.28. The molecule has 1 heterocycles.